The Morgan fingerprint density at radius 3 is 2.61 bits per heavy atom. The van der Waals surface area contributed by atoms with E-state index in [1.54, 1.807) is 7.11 Å². The van der Waals surface area contributed by atoms with Gasteiger partial charge in [-0.3, -0.25) is 4.79 Å². The molecule has 1 fully saturated rings. The fourth-order valence-corrected chi connectivity index (χ4v) is 3.12. The maximum atomic E-state index is 12.8. The molecule has 0 aliphatic heterocycles. The molecule has 23 heavy (non-hydrogen) atoms. The average molecular weight is 341 g/mol. The molecule has 0 bridgehead atoms. The molecule has 1 aromatic carbocycles. The third-order valence-corrected chi connectivity index (χ3v) is 4.38. The molecule has 0 saturated heterocycles. The molecule has 2 atom stereocenters. The second-order valence-corrected chi connectivity index (χ2v) is 6.22. The van der Waals surface area contributed by atoms with E-state index < -0.39 is 0 Å². The molecule has 1 aromatic rings. The number of nitrogens with two attached hydrogens (primary N) is 1. The number of unbranched alkanes of at least 4 members (excludes halogenated alkanes) is 1. The van der Waals surface area contributed by atoms with E-state index in [2.05, 4.69) is 12.1 Å². The van der Waals surface area contributed by atoms with Gasteiger partial charge in [-0.1, -0.05) is 30.3 Å². The summed E-state index contributed by atoms with van der Waals surface area (Å²) < 4.78 is 5.10. The molecule has 2 unspecified atom stereocenters. The van der Waals surface area contributed by atoms with E-state index >= 15 is 0 Å². The predicted molar refractivity (Wildman–Crippen MR) is 95.5 cm³/mol. The largest absolute Gasteiger partial charge is 0.385 e. The predicted octanol–water partition coefficient (Wildman–Crippen LogP) is 2.99. The van der Waals surface area contributed by atoms with Gasteiger partial charge >= 0.3 is 0 Å². The van der Waals surface area contributed by atoms with Gasteiger partial charge in [-0.05, 0) is 37.7 Å². The van der Waals surface area contributed by atoms with Gasteiger partial charge in [0, 0.05) is 38.8 Å². The maximum Gasteiger partial charge on any atom is 0.226 e. The van der Waals surface area contributed by atoms with Crippen molar-refractivity contribution in [3.63, 3.8) is 0 Å². The van der Waals surface area contributed by atoms with Gasteiger partial charge in [0.1, 0.15) is 0 Å². The van der Waals surface area contributed by atoms with E-state index in [-0.39, 0.29) is 30.3 Å². The van der Waals surface area contributed by atoms with E-state index in [4.69, 9.17) is 10.5 Å². The number of carbonyl (C=O) groups excluding carboxylic acids is 1. The summed E-state index contributed by atoms with van der Waals surface area (Å²) in [6, 6.07) is 10.4. The average Bonchev–Trinajstić information content (AvgIpc) is 2.97. The molecule has 1 aliphatic carbocycles. The van der Waals surface area contributed by atoms with Crippen LogP contribution in [0.25, 0.3) is 0 Å². The third-order valence-electron chi connectivity index (χ3n) is 4.38. The molecule has 1 saturated carbocycles. The summed E-state index contributed by atoms with van der Waals surface area (Å²) in [5, 5.41) is 0. The molecule has 0 heterocycles. The van der Waals surface area contributed by atoms with Gasteiger partial charge in [0.05, 0.1) is 0 Å². The van der Waals surface area contributed by atoms with Gasteiger partial charge in [-0.15, -0.1) is 12.4 Å². The van der Waals surface area contributed by atoms with Crippen LogP contribution in [-0.2, 0) is 16.1 Å². The summed E-state index contributed by atoms with van der Waals surface area (Å²) >= 11 is 0. The minimum absolute atomic E-state index is 0. The van der Waals surface area contributed by atoms with Crippen LogP contribution in [0.2, 0.25) is 0 Å². The summed E-state index contributed by atoms with van der Waals surface area (Å²) in [6.07, 6.45) is 4.70. The third kappa shape index (κ3) is 6.50. The molecule has 2 N–H and O–H groups in total. The van der Waals surface area contributed by atoms with Crippen LogP contribution >= 0.6 is 12.4 Å². The van der Waals surface area contributed by atoms with Crippen LogP contribution in [0.5, 0.6) is 0 Å². The number of hydrogen-bond acceptors (Lipinski definition) is 3. The number of rotatable bonds is 8. The summed E-state index contributed by atoms with van der Waals surface area (Å²) in [5.41, 5.74) is 7.15. The van der Waals surface area contributed by atoms with Gasteiger partial charge < -0.3 is 15.4 Å². The first-order chi connectivity index (χ1) is 10.7. The van der Waals surface area contributed by atoms with Gasteiger partial charge in [-0.25, -0.2) is 0 Å². The van der Waals surface area contributed by atoms with Crippen molar-refractivity contribution in [1.82, 2.24) is 4.90 Å². The normalized spacial score (nSPS) is 20.1. The monoisotopic (exact) mass is 340 g/mol. The van der Waals surface area contributed by atoms with Crippen LogP contribution in [0, 0.1) is 5.92 Å². The SMILES string of the molecule is COCCCCN(Cc1ccccc1)C(=O)C1CCC(N)C1.Cl. The second kappa shape index (κ2) is 10.6. The highest BCUT2D eigenvalue weighted by Gasteiger charge is 2.30. The Hall–Kier alpha value is -1.10. The van der Waals surface area contributed by atoms with Gasteiger partial charge in [0.15, 0.2) is 0 Å². The van der Waals surface area contributed by atoms with Gasteiger partial charge in [-0.2, -0.15) is 0 Å². The molecular formula is C18H29ClN2O2. The van der Waals surface area contributed by atoms with E-state index in [9.17, 15) is 4.79 Å². The Morgan fingerprint density at radius 2 is 2.00 bits per heavy atom. The van der Waals surface area contributed by atoms with Crippen molar-refractivity contribution in [2.75, 3.05) is 20.3 Å². The lowest BCUT2D eigenvalue weighted by Crippen LogP contribution is -2.36. The lowest BCUT2D eigenvalue weighted by molar-refractivity contribution is -0.136. The Balaban J connectivity index is 0.00000264. The summed E-state index contributed by atoms with van der Waals surface area (Å²) in [7, 11) is 1.72. The topological polar surface area (TPSA) is 55.6 Å². The number of amides is 1. The summed E-state index contributed by atoms with van der Waals surface area (Å²) in [5.74, 6) is 0.385. The van der Waals surface area contributed by atoms with Crippen LogP contribution in [0.3, 0.4) is 0 Å². The quantitative estimate of drug-likeness (QED) is 0.740. The summed E-state index contributed by atoms with van der Waals surface area (Å²) in [6.45, 7) is 2.24. The highest BCUT2D eigenvalue weighted by atomic mass is 35.5. The van der Waals surface area contributed by atoms with Crippen LogP contribution in [0.1, 0.15) is 37.7 Å². The van der Waals surface area contributed by atoms with Crippen molar-refractivity contribution in [3.05, 3.63) is 35.9 Å². The standard InChI is InChI=1S/C18H28N2O2.ClH/c1-22-12-6-5-11-20(14-15-7-3-2-4-8-15)18(21)16-9-10-17(19)13-16;/h2-4,7-8,16-17H,5-6,9-14,19H2,1H3;1H. The van der Waals surface area contributed by atoms with Crippen molar-refractivity contribution in [2.24, 2.45) is 11.7 Å². The molecule has 0 spiro atoms. The molecule has 4 nitrogen and oxygen atoms in total. The van der Waals surface area contributed by atoms with Crippen LogP contribution in [-0.4, -0.2) is 37.1 Å². The van der Waals surface area contributed by atoms with Crippen molar-refractivity contribution in [1.29, 1.82) is 0 Å². The molecule has 5 heteroatoms. The number of ether oxygens (including phenoxy) is 1. The van der Waals surface area contributed by atoms with Crippen LogP contribution in [0.4, 0.5) is 0 Å². The van der Waals surface area contributed by atoms with Crippen molar-refractivity contribution in [3.8, 4) is 0 Å². The molecule has 1 amide bonds. The number of carbonyl (C=O) groups is 1. The lowest BCUT2D eigenvalue weighted by Gasteiger charge is -2.26. The first-order valence-corrected chi connectivity index (χ1v) is 8.28. The van der Waals surface area contributed by atoms with E-state index in [1.165, 1.54) is 5.56 Å². The van der Waals surface area contributed by atoms with Crippen molar-refractivity contribution < 1.29 is 9.53 Å². The number of nitrogens with zero attached hydrogens (tertiary/aromatic N) is 1. The molecule has 130 valence electrons. The van der Waals surface area contributed by atoms with Gasteiger partial charge in [0.25, 0.3) is 0 Å². The van der Waals surface area contributed by atoms with Crippen LogP contribution < -0.4 is 5.73 Å². The second-order valence-electron chi connectivity index (χ2n) is 6.22. The molecule has 2 rings (SSSR count). The van der Waals surface area contributed by atoms with Gasteiger partial charge in [0.2, 0.25) is 5.91 Å². The van der Waals surface area contributed by atoms with E-state index in [0.29, 0.717) is 6.54 Å². The minimum atomic E-state index is 0. The fraction of sp³-hybridized carbons (Fsp3) is 0.611. The van der Waals surface area contributed by atoms with Crippen LogP contribution in [0.15, 0.2) is 30.3 Å². The lowest BCUT2D eigenvalue weighted by atomic mass is 10.1. The number of methoxy groups -OCH3 is 1. The zero-order valence-corrected chi connectivity index (χ0v) is 14.8. The Bertz CT molecular complexity index is 456. The minimum Gasteiger partial charge on any atom is -0.385 e. The molecule has 0 radical (unpaired) electrons. The van der Waals surface area contributed by atoms with E-state index in [1.807, 2.05) is 23.1 Å². The van der Waals surface area contributed by atoms with Crippen molar-refractivity contribution in [2.45, 2.75) is 44.7 Å². The zero-order valence-electron chi connectivity index (χ0n) is 13.9. The zero-order chi connectivity index (χ0) is 15.8. The molecule has 0 aromatic heterocycles. The first kappa shape index (κ1) is 19.9. The Kier molecular flexibility index (Phi) is 9.22. The fourth-order valence-electron chi connectivity index (χ4n) is 3.12. The maximum absolute atomic E-state index is 12.8. The summed E-state index contributed by atoms with van der Waals surface area (Å²) in [4.78, 5) is 14.8. The Morgan fingerprint density at radius 1 is 1.26 bits per heavy atom. The highest BCUT2D eigenvalue weighted by molar-refractivity contribution is 5.85. The smallest absolute Gasteiger partial charge is 0.226 e. The number of hydrogen-bond donors (Lipinski definition) is 1. The number of halogens is 1. The van der Waals surface area contributed by atoms with Crippen molar-refractivity contribution >= 4 is 18.3 Å². The molecule has 1 aliphatic rings. The first-order valence-electron chi connectivity index (χ1n) is 8.28. The highest BCUT2D eigenvalue weighted by Crippen LogP contribution is 2.26. The molecular weight excluding hydrogens is 312 g/mol. The van der Waals surface area contributed by atoms with E-state index in [0.717, 1.165) is 45.3 Å². The Labute approximate surface area is 145 Å². The number of benzene rings is 1.